The van der Waals surface area contributed by atoms with E-state index in [2.05, 4.69) is 20.3 Å². The fourth-order valence-corrected chi connectivity index (χ4v) is 1.81. The van der Waals surface area contributed by atoms with Crippen LogP contribution in [0.3, 0.4) is 0 Å². The van der Waals surface area contributed by atoms with Crippen molar-refractivity contribution in [3.05, 3.63) is 36.9 Å². The van der Waals surface area contributed by atoms with Gasteiger partial charge in [0.15, 0.2) is 0 Å². The van der Waals surface area contributed by atoms with Crippen LogP contribution in [-0.4, -0.2) is 26.4 Å². The molecule has 18 heavy (non-hydrogen) atoms. The van der Waals surface area contributed by atoms with Gasteiger partial charge in [0, 0.05) is 31.2 Å². The Balaban J connectivity index is 2.19. The summed E-state index contributed by atoms with van der Waals surface area (Å²) < 4.78 is 1.99. The zero-order valence-corrected chi connectivity index (χ0v) is 9.83. The highest BCUT2D eigenvalue weighted by Gasteiger charge is 2.07. The Morgan fingerprint density at radius 2 is 1.89 bits per heavy atom. The highest BCUT2D eigenvalue weighted by atomic mass is 15.0. The fourth-order valence-electron chi connectivity index (χ4n) is 1.81. The Bertz CT molecular complexity index is 685. The van der Waals surface area contributed by atoms with Crippen LogP contribution in [0.5, 0.6) is 0 Å². The maximum Gasteiger partial charge on any atom is 0.219 e. The van der Waals surface area contributed by atoms with Crippen molar-refractivity contribution in [3.8, 4) is 11.3 Å². The van der Waals surface area contributed by atoms with Crippen molar-refractivity contribution in [1.82, 2.24) is 19.4 Å². The van der Waals surface area contributed by atoms with Gasteiger partial charge in [-0.25, -0.2) is 15.0 Å². The van der Waals surface area contributed by atoms with Crippen molar-refractivity contribution in [3.63, 3.8) is 0 Å². The van der Waals surface area contributed by atoms with Gasteiger partial charge in [0.2, 0.25) is 5.95 Å². The Morgan fingerprint density at radius 3 is 2.61 bits per heavy atom. The molecule has 0 aliphatic rings. The molecule has 0 saturated carbocycles. The number of nitrogen functional groups attached to an aromatic ring is 1. The van der Waals surface area contributed by atoms with Crippen molar-refractivity contribution in [2.24, 2.45) is 0 Å². The second kappa shape index (κ2) is 3.99. The number of hydrogen-bond acceptors (Lipinski definition) is 5. The van der Waals surface area contributed by atoms with Gasteiger partial charge in [-0.2, -0.15) is 0 Å². The molecule has 0 aliphatic carbocycles. The van der Waals surface area contributed by atoms with Crippen LogP contribution >= 0.6 is 0 Å². The van der Waals surface area contributed by atoms with Crippen molar-refractivity contribution in [2.75, 3.05) is 18.1 Å². The monoisotopic (exact) mass is 240 g/mol. The summed E-state index contributed by atoms with van der Waals surface area (Å²) in [5, 5.41) is 3.10. The van der Waals surface area contributed by atoms with E-state index in [4.69, 9.17) is 5.73 Å². The summed E-state index contributed by atoms with van der Waals surface area (Å²) in [5.41, 5.74) is 9.18. The Kier molecular flexibility index (Phi) is 2.33. The Hall–Kier alpha value is -2.63. The van der Waals surface area contributed by atoms with Gasteiger partial charge < -0.3 is 11.1 Å². The van der Waals surface area contributed by atoms with E-state index in [0.29, 0.717) is 0 Å². The molecule has 0 fully saturated rings. The van der Waals surface area contributed by atoms with E-state index < -0.39 is 0 Å². The summed E-state index contributed by atoms with van der Waals surface area (Å²) in [4.78, 5) is 12.3. The van der Waals surface area contributed by atoms with E-state index in [-0.39, 0.29) is 5.95 Å². The first-order valence-corrected chi connectivity index (χ1v) is 5.50. The van der Waals surface area contributed by atoms with Crippen molar-refractivity contribution < 1.29 is 0 Å². The van der Waals surface area contributed by atoms with E-state index in [1.54, 1.807) is 18.6 Å². The molecule has 0 unspecified atom stereocenters. The number of nitrogens with two attached hydrogens (primary N) is 1. The summed E-state index contributed by atoms with van der Waals surface area (Å²) >= 11 is 0. The minimum Gasteiger partial charge on any atom is -0.387 e. The maximum atomic E-state index is 5.48. The van der Waals surface area contributed by atoms with E-state index in [1.807, 2.05) is 29.8 Å². The molecule has 0 atom stereocenters. The van der Waals surface area contributed by atoms with Crippen LogP contribution in [0.15, 0.2) is 36.9 Å². The first-order valence-electron chi connectivity index (χ1n) is 5.50. The van der Waals surface area contributed by atoms with E-state index in [9.17, 15) is 0 Å². The molecule has 3 aromatic rings. The standard InChI is InChI=1S/C12H12N6/c1-14-9-2-3-11-15-6-10(18(11)7-9)8-4-16-12(13)17-5-8/h2-7,14H,1H3,(H2,13,16,17). The van der Waals surface area contributed by atoms with E-state index in [1.165, 1.54) is 0 Å². The highest BCUT2D eigenvalue weighted by Crippen LogP contribution is 2.21. The second-order valence-electron chi connectivity index (χ2n) is 3.87. The lowest BCUT2D eigenvalue weighted by atomic mass is 10.2. The van der Waals surface area contributed by atoms with Crippen LogP contribution in [-0.2, 0) is 0 Å². The van der Waals surface area contributed by atoms with E-state index >= 15 is 0 Å². The summed E-state index contributed by atoms with van der Waals surface area (Å²) in [6, 6.07) is 3.93. The van der Waals surface area contributed by atoms with Crippen LogP contribution in [0.1, 0.15) is 0 Å². The number of anilines is 2. The van der Waals surface area contributed by atoms with Crippen LogP contribution in [0.25, 0.3) is 16.9 Å². The van der Waals surface area contributed by atoms with Crippen molar-refractivity contribution >= 4 is 17.3 Å². The first-order chi connectivity index (χ1) is 8.78. The summed E-state index contributed by atoms with van der Waals surface area (Å²) in [6.07, 6.45) is 7.16. The van der Waals surface area contributed by atoms with Gasteiger partial charge in [-0.05, 0) is 12.1 Å². The number of imidazole rings is 1. The molecule has 3 N–H and O–H groups in total. The van der Waals surface area contributed by atoms with Crippen LogP contribution in [0.4, 0.5) is 11.6 Å². The van der Waals surface area contributed by atoms with Gasteiger partial charge in [0.1, 0.15) is 5.65 Å². The minimum absolute atomic E-state index is 0.267. The Morgan fingerprint density at radius 1 is 1.11 bits per heavy atom. The fraction of sp³-hybridized carbons (Fsp3) is 0.0833. The molecule has 0 spiro atoms. The normalized spacial score (nSPS) is 10.7. The lowest BCUT2D eigenvalue weighted by Crippen LogP contribution is -1.96. The summed E-state index contributed by atoms with van der Waals surface area (Å²) in [6.45, 7) is 0. The molecule has 3 aromatic heterocycles. The molecule has 6 heteroatoms. The highest BCUT2D eigenvalue weighted by molar-refractivity contribution is 5.64. The molecule has 0 aromatic carbocycles. The lowest BCUT2D eigenvalue weighted by molar-refractivity contribution is 1.15. The van der Waals surface area contributed by atoms with E-state index in [0.717, 1.165) is 22.6 Å². The second-order valence-corrected chi connectivity index (χ2v) is 3.87. The third-order valence-electron chi connectivity index (χ3n) is 2.76. The van der Waals surface area contributed by atoms with Gasteiger partial charge >= 0.3 is 0 Å². The van der Waals surface area contributed by atoms with Gasteiger partial charge in [-0.1, -0.05) is 0 Å². The maximum absolute atomic E-state index is 5.48. The minimum atomic E-state index is 0.267. The molecule has 90 valence electrons. The van der Waals surface area contributed by atoms with Gasteiger partial charge in [-0.3, -0.25) is 4.40 Å². The van der Waals surface area contributed by atoms with Crippen molar-refractivity contribution in [2.45, 2.75) is 0 Å². The predicted octanol–water partition coefficient (Wildman–Crippen LogP) is 1.42. The topological polar surface area (TPSA) is 81.1 Å². The molecular weight excluding hydrogens is 228 g/mol. The first kappa shape index (κ1) is 10.5. The zero-order chi connectivity index (χ0) is 12.5. The van der Waals surface area contributed by atoms with Gasteiger partial charge in [0.25, 0.3) is 0 Å². The third kappa shape index (κ3) is 1.64. The average Bonchev–Trinajstić information content (AvgIpc) is 2.82. The average molecular weight is 240 g/mol. The molecule has 0 amide bonds. The molecule has 3 heterocycles. The molecule has 0 saturated heterocycles. The number of pyridine rings is 1. The predicted molar refractivity (Wildman–Crippen MR) is 70.2 cm³/mol. The van der Waals surface area contributed by atoms with Gasteiger partial charge in [0.05, 0.1) is 17.6 Å². The number of nitrogens with one attached hydrogen (secondary N) is 1. The van der Waals surface area contributed by atoms with Crippen LogP contribution in [0, 0.1) is 0 Å². The summed E-state index contributed by atoms with van der Waals surface area (Å²) in [5.74, 6) is 0.267. The number of nitrogens with zero attached hydrogens (tertiary/aromatic N) is 4. The summed E-state index contributed by atoms with van der Waals surface area (Å²) in [7, 11) is 1.88. The Labute approximate surface area is 104 Å². The molecule has 6 nitrogen and oxygen atoms in total. The number of rotatable bonds is 2. The zero-order valence-electron chi connectivity index (χ0n) is 9.83. The SMILES string of the molecule is CNc1ccc2ncc(-c3cnc(N)nc3)n2c1. The molecule has 3 rings (SSSR count). The number of aromatic nitrogens is 4. The number of hydrogen-bond donors (Lipinski definition) is 2. The molecule has 0 aliphatic heterocycles. The third-order valence-corrected chi connectivity index (χ3v) is 2.76. The van der Waals surface area contributed by atoms with Gasteiger partial charge in [-0.15, -0.1) is 0 Å². The molecule has 0 bridgehead atoms. The van der Waals surface area contributed by atoms with Crippen molar-refractivity contribution in [1.29, 1.82) is 0 Å². The smallest absolute Gasteiger partial charge is 0.219 e. The quantitative estimate of drug-likeness (QED) is 0.708. The molecule has 0 radical (unpaired) electrons. The molecular formula is C12H12N6. The largest absolute Gasteiger partial charge is 0.387 e. The van der Waals surface area contributed by atoms with Crippen LogP contribution in [0.2, 0.25) is 0 Å². The number of fused-ring (bicyclic) bond motifs is 1. The van der Waals surface area contributed by atoms with Crippen LogP contribution < -0.4 is 11.1 Å². The lowest BCUT2D eigenvalue weighted by Gasteiger charge is -2.04.